The van der Waals surface area contributed by atoms with E-state index in [0.717, 1.165) is 25.7 Å². The summed E-state index contributed by atoms with van der Waals surface area (Å²) in [6.45, 7) is 4.17. The van der Waals surface area contributed by atoms with Crippen molar-refractivity contribution in [3.05, 3.63) is 0 Å². The average molecular weight is 314 g/mol. The molecule has 0 aromatic heterocycles. The minimum Gasteiger partial charge on any atom is -0.352 e. The van der Waals surface area contributed by atoms with Crippen LogP contribution < -0.4 is 11.1 Å². The quantitative estimate of drug-likeness (QED) is 0.832. The second kappa shape index (κ2) is 9.81. The van der Waals surface area contributed by atoms with Crippen molar-refractivity contribution < 1.29 is 4.79 Å². The first-order valence-electron chi connectivity index (χ1n) is 6.64. The molecule has 116 valence electrons. The van der Waals surface area contributed by atoms with Gasteiger partial charge in [-0.05, 0) is 45.7 Å². The lowest BCUT2D eigenvalue weighted by molar-refractivity contribution is -0.127. The number of halogens is 2. The predicted molar refractivity (Wildman–Crippen MR) is 85.2 cm³/mol. The molecule has 1 amide bonds. The first-order valence-corrected chi connectivity index (χ1v) is 6.64. The summed E-state index contributed by atoms with van der Waals surface area (Å²) in [5.74, 6) is 0.487. The summed E-state index contributed by atoms with van der Waals surface area (Å²) in [4.78, 5) is 14.2. The van der Waals surface area contributed by atoms with Crippen molar-refractivity contribution in [2.24, 2.45) is 11.7 Å². The van der Waals surface area contributed by atoms with E-state index < -0.39 is 0 Å². The van der Waals surface area contributed by atoms with Crippen molar-refractivity contribution in [1.29, 1.82) is 0 Å². The monoisotopic (exact) mass is 313 g/mol. The Balaban J connectivity index is 0. The minimum atomic E-state index is -0.0365. The van der Waals surface area contributed by atoms with Crippen LogP contribution >= 0.6 is 24.8 Å². The maximum atomic E-state index is 12.2. The van der Waals surface area contributed by atoms with Crippen molar-refractivity contribution in [2.75, 3.05) is 14.1 Å². The Hall–Kier alpha value is -0.0300. The van der Waals surface area contributed by atoms with E-state index in [2.05, 4.69) is 19.2 Å². The van der Waals surface area contributed by atoms with E-state index in [0.29, 0.717) is 18.0 Å². The minimum absolute atomic E-state index is 0. The van der Waals surface area contributed by atoms with Gasteiger partial charge in [-0.3, -0.25) is 9.69 Å². The van der Waals surface area contributed by atoms with Crippen LogP contribution in [0.25, 0.3) is 0 Å². The Morgan fingerprint density at radius 2 is 1.63 bits per heavy atom. The van der Waals surface area contributed by atoms with Gasteiger partial charge >= 0.3 is 0 Å². The van der Waals surface area contributed by atoms with Crippen LogP contribution in [0.4, 0.5) is 0 Å². The van der Waals surface area contributed by atoms with Crippen LogP contribution in [0.15, 0.2) is 0 Å². The van der Waals surface area contributed by atoms with Gasteiger partial charge in [0.2, 0.25) is 5.91 Å². The van der Waals surface area contributed by atoms with E-state index in [-0.39, 0.29) is 36.8 Å². The van der Waals surface area contributed by atoms with Crippen molar-refractivity contribution in [3.63, 3.8) is 0 Å². The smallest absolute Gasteiger partial charge is 0.237 e. The van der Waals surface area contributed by atoms with E-state index >= 15 is 0 Å². The second-order valence-electron chi connectivity index (χ2n) is 5.77. The molecule has 19 heavy (non-hydrogen) atoms. The van der Waals surface area contributed by atoms with Crippen LogP contribution in [-0.2, 0) is 4.79 Å². The average Bonchev–Trinajstić information content (AvgIpc) is 2.20. The predicted octanol–water partition coefficient (Wildman–Crippen LogP) is 1.80. The van der Waals surface area contributed by atoms with Crippen LogP contribution in [0.5, 0.6) is 0 Å². The van der Waals surface area contributed by atoms with Crippen LogP contribution in [0.2, 0.25) is 0 Å². The number of likely N-dealkylation sites (N-methyl/N-ethyl adjacent to an activating group) is 1. The zero-order chi connectivity index (χ0) is 13.0. The fourth-order valence-corrected chi connectivity index (χ4v) is 2.68. The third-order valence-corrected chi connectivity index (χ3v) is 3.57. The molecule has 3 N–H and O–H groups in total. The van der Waals surface area contributed by atoms with Crippen molar-refractivity contribution in [2.45, 2.75) is 57.7 Å². The van der Waals surface area contributed by atoms with E-state index in [4.69, 9.17) is 5.73 Å². The lowest BCUT2D eigenvalue weighted by Crippen LogP contribution is -2.51. The third-order valence-electron chi connectivity index (χ3n) is 3.57. The Kier molecular flexibility index (Phi) is 11.0. The Morgan fingerprint density at radius 3 is 2.00 bits per heavy atom. The summed E-state index contributed by atoms with van der Waals surface area (Å²) in [5.41, 5.74) is 5.86. The highest BCUT2D eigenvalue weighted by atomic mass is 35.5. The van der Waals surface area contributed by atoms with Gasteiger partial charge in [-0.25, -0.2) is 0 Å². The molecule has 0 bridgehead atoms. The normalized spacial score (nSPS) is 24.4. The van der Waals surface area contributed by atoms with E-state index in [9.17, 15) is 4.79 Å². The number of nitrogens with zero attached hydrogens (tertiary/aromatic N) is 1. The van der Waals surface area contributed by atoms with Crippen LogP contribution in [0.1, 0.15) is 39.5 Å². The number of rotatable bonds is 4. The number of amides is 1. The van der Waals surface area contributed by atoms with Gasteiger partial charge < -0.3 is 11.1 Å². The molecule has 0 aromatic carbocycles. The second-order valence-corrected chi connectivity index (χ2v) is 5.77. The fraction of sp³-hybridized carbons (Fsp3) is 0.923. The standard InChI is InChI=1S/C13H27N3O.2ClH/c1-9(2)12(16(3)4)13(17)15-11-7-5-10(14)6-8-11;;/h9-12H,5-8,14H2,1-4H3,(H,15,17);2*1H. The summed E-state index contributed by atoms with van der Waals surface area (Å²) in [6, 6.07) is 0.618. The maximum Gasteiger partial charge on any atom is 0.237 e. The molecule has 1 unspecified atom stereocenters. The summed E-state index contributed by atoms with van der Waals surface area (Å²) in [5, 5.41) is 3.17. The SMILES string of the molecule is CC(C)C(C(=O)NC1CCC(N)CC1)N(C)C.Cl.Cl. The van der Waals surface area contributed by atoms with Crippen LogP contribution in [0, 0.1) is 5.92 Å². The topological polar surface area (TPSA) is 58.4 Å². The number of hydrogen-bond donors (Lipinski definition) is 2. The molecule has 4 nitrogen and oxygen atoms in total. The van der Waals surface area contributed by atoms with Gasteiger partial charge in [-0.2, -0.15) is 0 Å². The third kappa shape index (κ3) is 6.80. The molecule has 0 heterocycles. The van der Waals surface area contributed by atoms with Gasteiger partial charge in [0.15, 0.2) is 0 Å². The first-order chi connectivity index (χ1) is 7.91. The number of hydrogen-bond acceptors (Lipinski definition) is 3. The van der Waals surface area contributed by atoms with Crippen molar-refractivity contribution >= 4 is 30.7 Å². The highest BCUT2D eigenvalue weighted by molar-refractivity contribution is 5.85. The molecule has 6 heteroatoms. The number of carbonyl (C=O) groups is 1. The van der Waals surface area contributed by atoms with Gasteiger partial charge in [0.05, 0.1) is 6.04 Å². The molecule has 0 radical (unpaired) electrons. The lowest BCUT2D eigenvalue weighted by Gasteiger charge is -2.31. The molecule has 0 saturated heterocycles. The molecule has 1 aliphatic carbocycles. The molecular weight excluding hydrogens is 285 g/mol. The molecule has 1 rings (SSSR count). The summed E-state index contributed by atoms with van der Waals surface area (Å²) < 4.78 is 0. The van der Waals surface area contributed by atoms with E-state index in [1.807, 2.05) is 19.0 Å². The first kappa shape index (κ1) is 21.3. The molecular formula is C13H29Cl2N3O. The van der Waals surface area contributed by atoms with Crippen LogP contribution in [-0.4, -0.2) is 43.0 Å². The fourth-order valence-electron chi connectivity index (χ4n) is 2.68. The maximum absolute atomic E-state index is 12.2. The Bertz CT molecular complexity index is 246. The van der Waals surface area contributed by atoms with Gasteiger partial charge in [0.25, 0.3) is 0 Å². The van der Waals surface area contributed by atoms with E-state index in [1.54, 1.807) is 0 Å². The molecule has 1 aliphatic rings. The molecule has 0 aromatic rings. The molecule has 1 atom stereocenters. The summed E-state index contributed by atoms with van der Waals surface area (Å²) >= 11 is 0. The van der Waals surface area contributed by atoms with Crippen molar-refractivity contribution in [3.8, 4) is 0 Å². The molecule has 1 fully saturated rings. The number of nitrogens with two attached hydrogens (primary N) is 1. The Morgan fingerprint density at radius 1 is 1.16 bits per heavy atom. The van der Waals surface area contributed by atoms with Crippen LogP contribution in [0.3, 0.4) is 0 Å². The highest BCUT2D eigenvalue weighted by Crippen LogP contribution is 2.18. The lowest BCUT2D eigenvalue weighted by atomic mass is 9.91. The molecule has 1 saturated carbocycles. The van der Waals surface area contributed by atoms with Gasteiger partial charge in [0.1, 0.15) is 0 Å². The summed E-state index contributed by atoms with van der Waals surface area (Å²) in [7, 11) is 3.92. The van der Waals surface area contributed by atoms with Gasteiger partial charge in [-0.1, -0.05) is 13.8 Å². The molecule has 0 aliphatic heterocycles. The Labute approximate surface area is 129 Å². The van der Waals surface area contributed by atoms with E-state index in [1.165, 1.54) is 0 Å². The number of nitrogens with one attached hydrogen (secondary N) is 1. The highest BCUT2D eigenvalue weighted by Gasteiger charge is 2.27. The molecule has 0 spiro atoms. The summed E-state index contributed by atoms with van der Waals surface area (Å²) in [6.07, 6.45) is 4.09. The van der Waals surface area contributed by atoms with Gasteiger partial charge in [0, 0.05) is 12.1 Å². The zero-order valence-corrected chi connectivity index (χ0v) is 14.0. The number of carbonyl (C=O) groups excluding carboxylic acids is 1. The largest absolute Gasteiger partial charge is 0.352 e. The van der Waals surface area contributed by atoms with Gasteiger partial charge in [-0.15, -0.1) is 24.8 Å². The van der Waals surface area contributed by atoms with Crippen molar-refractivity contribution in [1.82, 2.24) is 10.2 Å². The zero-order valence-electron chi connectivity index (χ0n) is 12.4.